The highest BCUT2D eigenvalue weighted by molar-refractivity contribution is 5.85. The van der Waals surface area contributed by atoms with Gasteiger partial charge in [-0.1, -0.05) is 13.0 Å². The van der Waals surface area contributed by atoms with Crippen LogP contribution in [0.25, 0.3) is 0 Å². The molecule has 2 rings (SSSR count). The minimum absolute atomic E-state index is 0. The monoisotopic (exact) mass is 229 g/mol. The van der Waals surface area contributed by atoms with Gasteiger partial charge >= 0.3 is 0 Å². The van der Waals surface area contributed by atoms with Gasteiger partial charge in [0, 0.05) is 13.0 Å². The third-order valence-electron chi connectivity index (χ3n) is 2.29. The first-order valence-corrected chi connectivity index (χ1v) is 4.99. The van der Waals surface area contributed by atoms with Crippen LogP contribution in [-0.2, 0) is 6.54 Å². The van der Waals surface area contributed by atoms with Crippen molar-refractivity contribution in [3.63, 3.8) is 0 Å². The molecule has 0 spiro atoms. The van der Waals surface area contributed by atoms with Gasteiger partial charge in [-0.2, -0.15) is 0 Å². The SMILES string of the molecule is CCC[C@@H]1Oc2ccc(CN)cc2O1.Cl. The summed E-state index contributed by atoms with van der Waals surface area (Å²) in [6, 6.07) is 5.84. The van der Waals surface area contributed by atoms with Crippen LogP contribution >= 0.6 is 12.4 Å². The van der Waals surface area contributed by atoms with Gasteiger partial charge in [-0.25, -0.2) is 0 Å². The van der Waals surface area contributed by atoms with Gasteiger partial charge in [0.15, 0.2) is 11.5 Å². The third-order valence-corrected chi connectivity index (χ3v) is 2.29. The van der Waals surface area contributed by atoms with Crippen LogP contribution in [0.15, 0.2) is 18.2 Å². The average Bonchev–Trinajstić information content (AvgIpc) is 2.59. The first kappa shape index (κ1) is 12.1. The normalized spacial score (nSPS) is 17.3. The Bertz CT molecular complexity index is 330. The van der Waals surface area contributed by atoms with Crippen LogP contribution in [0.2, 0.25) is 0 Å². The lowest BCUT2D eigenvalue weighted by molar-refractivity contribution is 0.0413. The lowest BCUT2D eigenvalue weighted by atomic mass is 10.2. The summed E-state index contributed by atoms with van der Waals surface area (Å²) >= 11 is 0. The zero-order chi connectivity index (χ0) is 9.97. The van der Waals surface area contributed by atoms with E-state index < -0.39 is 0 Å². The summed E-state index contributed by atoms with van der Waals surface area (Å²) in [4.78, 5) is 0. The van der Waals surface area contributed by atoms with Crippen molar-refractivity contribution in [2.24, 2.45) is 5.73 Å². The van der Waals surface area contributed by atoms with Crippen LogP contribution in [-0.4, -0.2) is 6.29 Å². The number of nitrogens with two attached hydrogens (primary N) is 1. The summed E-state index contributed by atoms with van der Waals surface area (Å²) in [5.74, 6) is 1.66. The smallest absolute Gasteiger partial charge is 0.241 e. The highest BCUT2D eigenvalue weighted by atomic mass is 35.5. The molecule has 15 heavy (non-hydrogen) atoms. The molecule has 2 N–H and O–H groups in total. The Balaban J connectivity index is 0.00000112. The largest absolute Gasteiger partial charge is 0.451 e. The number of benzene rings is 1. The number of fused-ring (bicyclic) bond motifs is 1. The second-order valence-electron chi connectivity index (χ2n) is 3.44. The van der Waals surface area contributed by atoms with E-state index in [2.05, 4.69) is 6.92 Å². The third kappa shape index (κ3) is 2.55. The fourth-order valence-corrected chi connectivity index (χ4v) is 1.53. The van der Waals surface area contributed by atoms with Crippen molar-refractivity contribution in [3.05, 3.63) is 23.8 Å². The van der Waals surface area contributed by atoms with E-state index in [9.17, 15) is 0 Å². The van der Waals surface area contributed by atoms with Crippen molar-refractivity contribution in [2.45, 2.75) is 32.6 Å². The van der Waals surface area contributed by atoms with E-state index in [1.165, 1.54) is 0 Å². The van der Waals surface area contributed by atoms with E-state index in [-0.39, 0.29) is 18.7 Å². The van der Waals surface area contributed by atoms with Crippen LogP contribution in [0, 0.1) is 0 Å². The van der Waals surface area contributed by atoms with E-state index in [4.69, 9.17) is 15.2 Å². The first-order valence-electron chi connectivity index (χ1n) is 4.99. The molecule has 0 radical (unpaired) electrons. The quantitative estimate of drug-likeness (QED) is 0.866. The van der Waals surface area contributed by atoms with Crippen molar-refractivity contribution >= 4 is 12.4 Å². The molecular formula is C11H16ClNO2. The Labute approximate surface area is 96.0 Å². The molecule has 1 aromatic rings. The molecular weight excluding hydrogens is 214 g/mol. The number of hydrogen-bond donors (Lipinski definition) is 1. The molecule has 1 aliphatic heterocycles. The molecule has 84 valence electrons. The number of rotatable bonds is 3. The van der Waals surface area contributed by atoms with Crippen molar-refractivity contribution in [1.82, 2.24) is 0 Å². The Morgan fingerprint density at radius 3 is 2.67 bits per heavy atom. The summed E-state index contributed by atoms with van der Waals surface area (Å²) in [6.07, 6.45) is 1.87. The van der Waals surface area contributed by atoms with E-state index in [0.717, 1.165) is 29.9 Å². The number of halogens is 1. The molecule has 0 aliphatic carbocycles. The predicted octanol–water partition coefficient (Wildman–Crippen LogP) is 2.46. The fourth-order valence-electron chi connectivity index (χ4n) is 1.53. The zero-order valence-electron chi connectivity index (χ0n) is 8.73. The molecule has 1 heterocycles. The molecule has 0 amide bonds. The van der Waals surface area contributed by atoms with Gasteiger partial charge < -0.3 is 15.2 Å². The second-order valence-corrected chi connectivity index (χ2v) is 3.44. The molecule has 0 bridgehead atoms. The highest BCUT2D eigenvalue weighted by Crippen LogP contribution is 2.36. The Kier molecular flexibility index (Phi) is 4.24. The molecule has 1 aliphatic rings. The molecule has 3 nitrogen and oxygen atoms in total. The fraction of sp³-hybridized carbons (Fsp3) is 0.455. The van der Waals surface area contributed by atoms with Crippen molar-refractivity contribution in [2.75, 3.05) is 0 Å². The van der Waals surface area contributed by atoms with E-state index in [1.807, 2.05) is 18.2 Å². The van der Waals surface area contributed by atoms with Crippen LogP contribution < -0.4 is 15.2 Å². The van der Waals surface area contributed by atoms with Crippen LogP contribution in [0.3, 0.4) is 0 Å². The van der Waals surface area contributed by atoms with Gasteiger partial charge in [-0.3, -0.25) is 0 Å². The van der Waals surface area contributed by atoms with Gasteiger partial charge in [-0.15, -0.1) is 12.4 Å². The van der Waals surface area contributed by atoms with E-state index in [0.29, 0.717) is 6.54 Å². The summed E-state index contributed by atoms with van der Waals surface area (Å²) in [5.41, 5.74) is 6.61. The maximum absolute atomic E-state index is 5.61. The first-order chi connectivity index (χ1) is 6.83. The predicted molar refractivity (Wildman–Crippen MR) is 61.5 cm³/mol. The standard InChI is InChI=1S/C11H15NO2.ClH/c1-2-3-11-13-9-5-4-8(7-12)6-10(9)14-11;/h4-6,11H,2-3,7,12H2,1H3;1H/t11-;/m1./s1. The van der Waals surface area contributed by atoms with Crippen LogP contribution in [0.1, 0.15) is 25.3 Å². The Hall–Kier alpha value is -0.930. The lowest BCUT2D eigenvalue weighted by Crippen LogP contribution is -2.16. The van der Waals surface area contributed by atoms with Gasteiger partial charge in [0.05, 0.1) is 0 Å². The summed E-state index contributed by atoms with van der Waals surface area (Å²) in [5, 5.41) is 0. The molecule has 1 atom stereocenters. The Morgan fingerprint density at radius 1 is 1.27 bits per heavy atom. The zero-order valence-corrected chi connectivity index (χ0v) is 9.55. The van der Waals surface area contributed by atoms with Crippen molar-refractivity contribution in [1.29, 1.82) is 0 Å². The van der Waals surface area contributed by atoms with E-state index in [1.54, 1.807) is 0 Å². The van der Waals surface area contributed by atoms with Gasteiger partial charge in [0.2, 0.25) is 6.29 Å². The number of hydrogen-bond acceptors (Lipinski definition) is 3. The van der Waals surface area contributed by atoms with Gasteiger partial charge in [-0.05, 0) is 24.1 Å². The average molecular weight is 230 g/mol. The molecule has 4 heteroatoms. The topological polar surface area (TPSA) is 44.5 Å². The maximum atomic E-state index is 5.61. The summed E-state index contributed by atoms with van der Waals surface area (Å²) in [6.45, 7) is 2.65. The minimum Gasteiger partial charge on any atom is -0.451 e. The summed E-state index contributed by atoms with van der Waals surface area (Å²) in [7, 11) is 0. The van der Waals surface area contributed by atoms with Gasteiger partial charge in [0.1, 0.15) is 0 Å². The molecule has 0 saturated carbocycles. The van der Waals surface area contributed by atoms with Crippen LogP contribution in [0.5, 0.6) is 11.5 Å². The number of ether oxygens (including phenoxy) is 2. The summed E-state index contributed by atoms with van der Waals surface area (Å²) < 4.78 is 11.2. The van der Waals surface area contributed by atoms with Gasteiger partial charge in [0.25, 0.3) is 0 Å². The minimum atomic E-state index is -0.108. The van der Waals surface area contributed by atoms with E-state index >= 15 is 0 Å². The molecule has 0 aromatic heterocycles. The Morgan fingerprint density at radius 2 is 2.00 bits per heavy atom. The van der Waals surface area contributed by atoms with Crippen molar-refractivity contribution < 1.29 is 9.47 Å². The molecule has 0 unspecified atom stereocenters. The van der Waals surface area contributed by atoms with Crippen molar-refractivity contribution in [3.8, 4) is 11.5 Å². The highest BCUT2D eigenvalue weighted by Gasteiger charge is 2.22. The van der Waals surface area contributed by atoms with Crippen LogP contribution in [0.4, 0.5) is 0 Å². The maximum Gasteiger partial charge on any atom is 0.241 e. The second kappa shape index (κ2) is 5.24. The molecule has 1 aromatic carbocycles. The lowest BCUT2D eigenvalue weighted by Gasteiger charge is -2.07. The molecule has 0 saturated heterocycles. The molecule has 0 fully saturated rings.